The molecule has 0 saturated carbocycles. The summed E-state index contributed by atoms with van der Waals surface area (Å²) in [6.45, 7) is 3.46. The highest BCUT2D eigenvalue weighted by Gasteiger charge is 2.11. The molecular formula is C18H18ClNO2. The number of rotatable bonds is 5. The van der Waals surface area contributed by atoms with Gasteiger partial charge in [0.1, 0.15) is 6.61 Å². The molecule has 2 aromatic carbocycles. The van der Waals surface area contributed by atoms with Crippen molar-refractivity contribution >= 4 is 22.5 Å². The number of nitrogens with zero attached hydrogens (tertiary/aromatic N) is 1. The number of hydrogen-bond donors (Lipinski definition) is 0. The van der Waals surface area contributed by atoms with Crippen LogP contribution < -0.4 is 9.47 Å². The summed E-state index contributed by atoms with van der Waals surface area (Å²) < 4.78 is 13.5. The quantitative estimate of drug-likeness (QED) is 0.668. The van der Waals surface area contributed by atoms with Crippen LogP contribution in [0.4, 0.5) is 0 Å². The second-order valence-electron chi connectivity index (χ2n) is 4.99. The first-order valence-electron chi connectivity index (χ1n) is 7.27. The molecule has 0 fully saturated rings. The molecule has 0 atom stereocenters. The van der Waals surface area contributed by atoms with E-state index in [0.717, 1.165) is 39.7 Å². The monoisotopic (exact) mass is 315 g/mol. The first kappa shape index (κ1) is 14.8. The van der Waals surface area contributed by atoms with Gasteiger partial charge in [0.2, 0.25) is 0 Å². The number of benzene rings is 2. The minimum Gasteiger partial charge on any atom is -0.493 e. The van der Waals surface area contributed by atoms with Crippen molar-refractivity contribution in [3.8, 4) is 11.5 Å². The topological polar surface area (TPSA) is 23.4 Å². The van der Waals surface area contributed by atoms with Gasteiger partial charge in [-0.25, -0.2) is 0 Å². The number of fused-ring (bicyclic) bond motifs is 1. The van der Waals surface area contributed by atoms with Crippen molar-refractivity contribution in [1.82, 2.24) is 4.57 Å². The molecule has 0 saturated heterocycles. The molecule has 3 rings (SSSR count). The second kappa shape index (κ2) is 6.32. The van der Waals surface area contributed by atoms with Gasteiger partial charge in [0.25, 0.3) is 0 Å². The van der Waals surface area contributed by atoms with Gasteiger partial charge in [0.05, 0.1) is 12.8 Å². The van der Waals surface area contributed by atoms with E-state index in [1.807, 2.05) is 36.4 Å². The number of halogens is 1. The molecule has 4 heteroatoms. The lowest BCUT2D eigenvalue weighted by Gasteiger charge is -2.12. The van der Waals surface area contributed by atoms with Crippen LogP contribution in [0.5, 0.6) is 11.5 Å². The fraction of sp³-hybridized carbons (Fsp3) is 0.222. The Morgan fingerprint density at radius 2 is 1.82 bits per heavy atom. The zero-order valence-electron chi connectivity index (χ0n) is 12.7. The van der Waals surface area contributed by atoms with Crippen molar-refractivity contribution in [3.63, 3.8) is 0 Å². The Labute approximate surface area is 135 Å². The summed E-state index contributed by atoms with van der Waals surface area (Å²) in [6, 6.07) is 15.7. The lowest BCUT2D eigenvalue weighted by molar-refractivity contribution is 0.277. The van der Waals surface area contributed by atoms with E-state index in [2.05, 4.69) is 23.6 Å². The minimum atomic E-state index is 0.471. The summed E-state index contributed by atoms with van der Waals surface area (Å²) in [5.74, 6) is 1.48. The van der Waals surface area contributed by atoms with Gasteiger partial charge in [-0.15, -0.1) is 0 Å². The molecule has 0 unspecified atom stereocenters. The normalized spacial score (nSPS) is 10.9. The summed E-state index contributed by atoms with van der Waals surface area (Å²) in [5, 5.41) is 1.83. The van der Waals surface area contributed by atoms with Crippen molar-refractivity contribution in [2.75, 3.05) is 7.11 Å². The number of ether oxygens (including phenoxy) is 2. The Hall–Kier alpha value is -2.13. The molecule has 0 spiro atoms. The highest BCUT2D eigenvalue weighted by atomic mass is 35.5. The molecule has 3 aromatic rings. The Morgan fingerprint density at radius 3 is 2.55 bits per heavy atom. The third-order valence-corrected chi connectivity index (χ3v) is 4.07. The second-order valence-corrected chi connectivity index (χ2v) is 5.40. The van der Waals surface area contributed by atoms with E-state index in [-0.39, 0.29) is 0 Å². The summed E-state index contributed by atoms with van der Waals surface area (Å²) in [7, 11) is 1.64. The first-order valence-corrected chi connectivity index (χ1v) is 7.64. The third kappa shape index (κ3) is 2.64. The van der Waals surface area contributed by atoms with E-state index in [4.69, 9.17) is 21.1 Å². The maximum absolute atomic E-state index is 6.29. The van der Waals surface area contributed by atoms with Crippen LogP contribution in [0.25, 0.3) is 10.9 Å². The average molecular weight is 316 g/mol. The van der Waals surface area contributed by atoms with Crippen LogP contribution in [0.2, 0.25) is 5.02 Å². The smallest absolute Gasteiger partial charge is 0.161 e. The van der Waals surface area contributed by atoms with Crippen LogP contribution in [-0.2, 0) is 13.2 Å². The third-order valence-electron chi connectivity index (χ3n) is 3.74. The van der Waals surface area contributed by atoms with E-state index >= 15 is 0 Å². The summed E-state index contributed by atoms with van der Waals surface area (Å²) in [5.41, 5.74) is 2.23. The van der Waals surface area contributed by atoms with Crippen molar-refractivity contribution in [1.29, 1.82) is 0 Å². The number of para-hydroxylation sites is 2. The predicted octanol–water partition coefficient (Wildman–Crippen LogP) is 4.90. The van der Waals surface area contributed by atoms with Gasteiger partial charge in [0, 0.05) is 22.5 Å². The van der Waals surface area contributed by atoms with Crippen LogP contribution in [0.3, 0.4) is 0 Å². The Morgan fingerprint density at radius 1 is 1.05 bits per heavy atom. The lowest BCUT2D eigenvalue weighted by atomic mass is 10.2. The molecule has 0 radical (unpaired) electrons. The van der Waals surface area contributed by atoms with Gasteiger partial charge in [-0.1, -0.05) is 29.8 Å². The maximum Gasteiger partial charge on any atom is 0.161 e. The molecule has 22 heavy (non-hydrogen) atoms. The summed E-state index contributed by atoms with van der Waals surface area (Å²) >= 11 is 6.29. The maximum atomic E-state index is 6.29. The van der Waals surface area contributed by atoms with Crippen molar-refractivity contribution < 1.29 is 9.47 Å². The highest BCUT2D eigenvalue weighted by Crippen LogP contribution is 2.30. The Bertz CT molecular complexity index is 795. The Balaban J connectivity index is 1.92. The summed E-state index contributed by atoms with van der Waals surface area (Å²) in [4.78, 5) is 0. The van der Waals surface area contributed by atoms with Crippen molar-refractivity contribution in [2.24, 2.45) is 0 Å². The number of aryl methyl sites for hydroxylation is 1. The van der Waals surface area contributed by atoms with Gasteiger partial charge in [-0.3, -0.25) is 0 Å². The van der Waals surface area contributed by atoms with E-state index in [9.17, 15) is 0 Å². The zero-order valence-corrected chi connectivity index (χ0v) is 13.4. The predicted molar refractivity (Wildman–Crippen MR) is 89.9 cm³/mol. The molecule has 0 N–H and O–H groups in total. The van der Waals surface area contributed by atoms with Crippen LogP contribution in [0.15, 0.2) is 48.5 Å². The number of hydrogen-bond acceptors (Lipinski definition) is 2. The molecule has 0 amide bonds. The van der Waals surface area contributed by atoms with Crippen molar-refractivity contribution in [2.45, 2.75) is 20.1 Å². The van der Waals surface area contributed by atoms with Crippen LogP contribution in [-0.4, -0.2) is 11.7 Å². The molecule has 0 bridgehead atoms. The molecule has 114 valence electrons. The first-order chi connectivity index (χ1) is 10.7. The van der Waals surface area contributed by atoms with Gasteiger partial charge in [0.15, 0.2) is 11.5 Å². The van der Waals surface area contributed by atoms with E-state index in [1.165, 1.54) is 0 Å². The molecule has 1 aromatic heterocycles. The standard InChI is InChI=1S/C18H18ClNO2/c1-3-20-13(11-14-15(19)7-6-8-16(14)20)12-22-18-10-5-4-9-17(18)21-2/h4-11H,3,12H2,1-2H3. The van der Waals surface area contributed by atoms with Crippen LogP contribution in [0, 0.1) is 0 Å². The fourth-order valence-electron chi connectivity index (χ4n) is 2.69. The molecular weight excluding hydrogens is 298 g/mol. The largest absolute Gasteiger partial charge is 0.493 e. The van der Waals surface area contributed by atoms with Crippen molar-refractivity contribution in [3.05, 3.63) is 59.2 Å². The molecule has 0 aliphatic carbocycles. The SMILES string of the molecule is CCn1c(COc2ccccc2OC)cc2c(Cl)cccc21. The van der Waals surface area contributed by atoms with Gasteiger partial charge in [-0.2, -0.15) is 0 Å². The van der Waals surface area contributed by atoms with E-state index < -0.39 is 0 Å². The molecule has 0 aliphatic heterocycles. The van der Waals surface area contributed by atoms with Gasteiger partial charge < -0.3 is 14.0 Å². The van der Waals surface area contributed by atoms with Gasteiger partial charge >= 0.3 is 0 Å². The van der Waals surface area contributed by atoms with E-state index in [0.29, 0.717) is 6.61 Å². The number of aromatic nitrogens is 1. The number of methoxy groups -OCH3 is 1. The fourth-order valence-corrected chi connectivity index (χ4v) is 2.91. The minimum absolute atomic E-state index is 0.471. The summed E-state index contributed by atoms with van der Waals surface area (Å²) in [6.07, 6.45) is 0. The zero-order chi connectivity index (χ0) is 15.5. The van der Waals surface area contributed by atoms with Crippen LogP contribution >= 0.6 is 11.6 Å². The molecule has 3 nitrogen and oxygen atoms in total. The Kier molecular flexibility index (Phi) is 4.25. The molecule has 1 heterocycles. The van der Waals surface area contributed by atoms with Gasteiger partial charge in [-0.05, 0) is 37.3 Å². The lowest BCUT2D eigenvalue weighted by Crippen LogP contribution is -2.05. The van der Waals surface area contributed by atoms with Crippen LogP contribution in [0.1, 0.15) is 12.6 Å². The highest BCUT2D eigenvalue weighted by molar-refractivity contribution is 6.35. The molecule has 0 aliphatic rings. The average Bonchev–Trinajstić information content (AvgIpc) is 2.92. The van der Waals surface area contributed by atoms with E-state index in [1.54, 1.807) is 7.11 Å².